The van der Waals surface area contributed by atoms with Gasteiger partial charge in [0.1, 0.15) is 17.3 Å². The third-order valence-electron chi connectivity index (χ3n) is 6.84. The van der Waals surface area contributed by atoms with Gasteiger partial charge < -0.3 is 14.6 Å². The van der Waals surface area contributed by atoms with Crippen molar-refractivity contribution >= 4 is 44.1 Å². The lowest BCUT2D eigenvalue weighted by Gasteiger charge is -2.24. The highest BCUT2D eigenvalue weighted by Gasteiger charge is 2.48. The van der Waals surface area contributed by atoms with E-state index in [4.69, 9.17) is 14.5 Å². The Hall–Kier alpha value is -4.17. The van der Waals surface area contributed by atoms with Crippen LogP contribution in [0.4, 0.5) is 5.13 Å². The van der Waals surface area contributed by atoms with E-state index in [9.17, 15) is 14.7 Å². The third-order valence-corrected chi connectivity index (χ3v) is 7.86. The molecule has 4 aromatic rings. The number of ether oxygens (including phenoxy) is 2. The van der Waals surface area contributed by atoms with Crippen LogP contribution in [0.3, 0.4) is 0 Å². The molecule has 0 bridgehead atoms. The molecular formula is C32H32N2O5S. The molecule has 1 saturated heterocycles. The van der Waals surface area contributed by atoms with Crippen molar-refractivity contribution in [2.45, 2.75) is 46.1 Å². The number of anilines is 1. The van der Waals surface area contributed by atoms with Crippen molar-refractivity contribution in [3.8, 4) is 11.5 Å². The standard InChI is InChI=1S/C32H32N2O5S/c1-6-38-22-14-10-20(11-15-22)28(35)26-27(19-8-12-21(13-9-19)32(3,4)5)34(30(37)29(26)36)31-33-24-17-16-23(39-7-2)18-25(24)40-31/h8-18,27,35H,6-7H2,1-5H3. The molecule has 40 heavy (non-hydrogen) atoms. The number of hydrogen-bond acceptors (Lipinski definition) is 7. The second-order valence-electron chi connectivity index (χ2n) is 10.6. The minimum Gasteiger partial charge on any atom is -0.507 e. The third kappa shape index (κ3) is 5.07. The van der Waals surface area contributed by atoms with Gasteiger partial charge in [-0.2, -0.15) is 0 Å². The van der Waals surface area contributed by atoms with Crippen LogP contribution in [-0.2, 0) is 15.0 Å². The summed E-state index contributed by atoms with van der Waals surface area (Å²) in [5.41, 5.74) is 2.87. The number of nitrogens with zero attached hydrogens (tertiary/aromatic N) is 2. The molecule has 1 aromatic heterocycles. The molecule has 3 aromatic carbocycles. The van der Waals surface area contributed by atoms with Crippen LogP contribution in [0.25, 0.3) is 16.0 Å². The Bertz CT molecular complexity index is 1600. The van der Waals surface area contributed by atoms with Gasteiger partial charge in [0.25, 0.3) is 5.78 Å². The van der Waals surface area contributed by atoms with Gasteiger partial charge in [-0.3, -0.25) is 14.5 Å². The second kappa shape index (κ2) is 10.8. The number of Topliss-reactive ketones (excluding diaryl/α,β-unsaturated/α-hetero) is 1. The molecule has 0 radical (unpaired) electrons. The molecule has 206 valence electrons. The summed E-state index contributed by atoms with van der Waals surface area (Å²) in [6, 6.07) is 19.3. The molecular weight excluding hydrogens is 524 g/mol. The fraction of sp³-hybridized carbons (Fsp3) is 0.281. The van der Waals surface area contributed by atoms with E-state index in [-0.39, 0.29) is 16.7 Å². The number of hydrogen-bond donors (Lipinski definition) is 1. The maximum Gasteiger partial charge on any atom is 0.301 e. The van der Waals surface area contributed by atoms with Crippen LogP contribution in [0.1, 0.15) is 57.4 Å². The highest BCUT2D eigenvalue weighted by Crippen LogP contribution is 2.45. The van der Waals surface area contributed by atoms with E-state index in [1.807, 2.05) is 56.3 Å². The molecule has 5 rings (SSSR count). The molecule has 1 atom stereocenters. The normalized spacial score (nSPS) is 17.0. The number of ketones is 1. The topological polar surface area (TPSA) is 89.0 Å². The van der Waals surface area contributed by atoms with E-state index in [1.165, 1.54) is 16.2 Å². The van der Waals surface area contributed by atoms with E-state index in [1.54, 1.807) is 24.3 Å². The highest BCUT2D eigenvalue weighted by molar-refractivity contribution is 7.22. The van der Waals surface area contributed by atoms with Gasteiger partial charge in [0.05, 0.1) is 35.0 Å². The predicted octanol–water partition coefficient (Wildman–Crippen LogP) is 7.02. The van der Waals surface area contributed by atoms with Gasteiger partial charge in [0.15, 0.2) is 5.13 Å². The molecule has 1 aliphatic rings. The smallest absolute Gasteiger partial charge is 0.301 e. The van der Waals surface area contributed by atoms with Crippen molar-refractivity contribution in [2.75, 3.05) is 18.1 Å². The fourth-order valence-electron chi connectivity index (χ4n) is 4.79. The largest absolute Gasteiger partial charge is 0.507 e. The van der Waals surface area contributed by atoms with Gasteiger partial charge in [0, 0.05) is 5.56 Å². The van der Waals surface area contributed by atoms with Gasteiger partial charge in [-0.1, -0.05) is 56.4 Å². The molecule has 1 N–H and O–H groups in total. The van der Waals surface area contributed by atoms with Crippen molar-refractivity contribution in [2.24, 2.45) is 0 Å². The summed E-state index contributed by atoms with van der Waals surface area (Å²) in [4.78, 5) is 33.3. The summed E-state index contributed by atoms with van der Waals surface area (Å²) in [6.07, 6.45) is 0. The lowest BCUT2D eigenvalue weighted by molar-refractivity contribution is -0.132. The summed E-state index contributed by atoms with van der Waals surface area (Å²) in [5.74, 6) is -0.382. The summed E-state index contributed by atoms with van der Waals surface area (Å²) in [6.45, 7) is 11.2. The predicted molar refractivity (Wildman–Crippen MR) is 158 cm³/mol. The van der Waals surface area contributed by atoms with Crippen LogP contribution in [0.2, 0.25) is 0 Å². The van der Waals surface area contributed by atoms with Crippen molar-refractivity contribution in [1.82, 2.24) is 4.98 Å². The van der Waals surface area contributed by atoms with Gasteiger partial charge >= 0.3 is 5.91 Å². The maximum atomic E-state index is 13.6. The first-order valence-electron chi connectivity index (χ1n) is 13.3. The van der Waals surface area contributed by atoms with Crippen LogP contribution in [-0.4, -0.2) is 35.0 Å². The van der Waals surface area contributed by atoms with Crippen molar-refractivity contribution in [1.29, 1.82) is 0 Å². The maximum absolute atomic E-state index is 13.6. The number of aliphatic hydroxyl groups is 1. The van der Waals surface area contributed by atoms with Gasteiger partial charge in [-0.05, 0) is 72.9 Å². The van der Waals surface area contributed by atoms with Crippen LogP contribution >= 0.6 is 11.3 Å². The Morgan fingerprint density at radius 2 is 1.55 bits per heavy atom. The molecule has 1 aliphatic heterocycles. The number of carbonyl (C=O) groups excluding carboxylic acids is 2. The number of rotatable bonds is 7. The number of fused-ring (bicyclic) bond motifs is 1. The number of aliphatic hydroxyl groups excluding tert-OH is 1. The Kier molecular flexibility index (Phi) is 7.38. The molecule has 0 spiro atoms. The number of amides is 1. The van der Waals surface area contributed by atoms with Gasteiger partial charge in [0.2, 0.25) is 0 Å². The van der Waals surface area contributed by atoms with E-state index in [2.05, 4.69) is 20.8 Å². The van der Waals surface area contributed by atoms with E-state index in [0.717, 1.165) is 10.3 Å². The van der Waals surface area contributed by atoms with Crippen molar-refractivity contribution in [3.05, 3.63) is 89.0 Å². The zero-order valence-electron chi connectivity index (χ0n) is 23.2. The summed E-state index contributed by atoms with van der Waals surface area (Å²) >= 11 is 1.30. The van der Waals surface area contributed by atoms with E-state index in [0.29, 0.717) is 46.5 Å². The summed E-state index contributed by atoms with van der Waals surface area (Å²) in [5, 5.41) is 11.8. The fourth-order valence-corrected chi connectivity index (χ4v) is 5.81. The quantitative estimate of drug-likeness (QED) is 0.150. The van der Waals surface area contributed by atoms with Crippen LogP contribution in [0, 0.1) is 0 Å². The van der Waals surface area contributed by atoms with Crippen molar-refractivity contribution < 1.29 is 24.2 Å². The average Bonchev–Trinajstić information content (AvgIpc) is 3.46. The molecule has 2 heterocycles. The summed E-state index contributed by atoms with van der Waals surface area (Å²) in [7, 11) is 0. The molecule has 1 amide bonds. The Morgan fingerprint density at radius 3 is 2.17 bits per heavy atom. The SMILES string of the molecule is CCOc1ccc(C(O)=C2C(=O)C(=O)N(c3nc4ccc(OCC)cc4s3)C2c2ccc(C(C)(C)C)cc2)cc1. The molecule has 1 unspecified atom stereocenters. The van der Waals surface area contributed by atoms with Crippen LogP contribution < -0.4 is 14.4 Å². The average molecular weight is 557 g/mol. The van der Waals surface area contributed by atoms with E-state index < -0.39 is 17.7 Å². The molecule has 8 heteroatoms. The highest BCUT2D eigenvalue weighted by atomic mass is 32.1. The first-order chi connectivity index (χ1) is 19.1. The van der Waals surface area contributed by atoms with Crippen LogP contribution in [0.5, 0.6) is 11.5 Å². The first kappa shape index (κ1) is 27.4. The Morgan fingerprint density at radius 1 is 0.925 bits per heavy atom. The van der Waals surface area contributed by atoms with Crippen LogP contribution in [0.15, 0.2) is 72.3 Å². The lowest BCUT2D eigenvalue weighted by Crippen LogP contribution is -2.29. The zero-order valence-corrected chi connectivity index (χ0v) is 24.0. The Balaban J connectivity index is 1.66. The molecule has 1 fully saturated rings. The first-order valence-corrected chi connectivity index (χ1v) is 14.1. The number of benzene rings is 3. The number of carbonyl (C=O) groups is 2. The van der Waals surface area contributed by atoms with E-state index >= 15 is 0 Å². The molecule has 0 aliphatic carbocycles. The minimum atomic E-state index is -0.854. The molecule has 0 saturated carbocycles. The second-order valence-corrected chi connectivity index (χ2v) is 11.6. The van der Waals surface area contributed by atoms with Gasteiger partial charge in [-0.15, -0.1) is 0 Å². The Labute approximate surface area is 237 Å². The summed E-state index contributed by atoms with van der Waals surface area (Å²) < 4.78 is 12.0. The monoisotopic (exact) mass is 556 g/mol. The zero-order chi connectivity index (χ0) is 28.6. The lowest BCUT2D eigenvalue weighted by atomic mass is 9.85. The number of aromatic nitrogens is 1. The molecule has 7 nitrogen and oxygen atoms in total. The van der Waals surface area contributed by atoms with Crippen molar-refractivity contribution in [3.63, 3.8) is 0 Å². The number of thiazole rings is 1. The minimum absolute atomic E-state index is 0.0203. The van der Waals surface area contributed by atoms with Gasteiger partial charge in [-0.25, -0.2) is 4.98 Å².